The van der Waals surface area contributed by atoms with Gasteiger partial charge in [0.25, 0.3) is 0 Å². The van der Waals surface area contributed by atoms with Crippen molar-refractivity contribution in [1.82, 2.24) is 9.21 Å². The van der Waals surface area contributed by atoms with Crippen molar-refractivity contribution in [3.8, 4) is 5.75 Å². The van der Waals surface area contributed by atoms with Gasteiger partial charge in [0.1, 0.15) is 5.75 Å². The van der Waals surface area contributed by atoms with Gasteiger partial charge < -0.3 is 9.64 Å². The molecule has 0 bridgehead atoms. The van der Waals surface area contributed by atoms with E-state index in [2.05, 4.69) is 0 Å². The number of hydrogen-bond acceptors (Lipinski definition) is 4. The van der Waals surface area contributed by atoms with Crippen LogP contribution in [0, 0.1) is 13.8 Å². The first-order valence-electron chi connectivity index (χ1n) is 10.1. The Morgan fingerprint density at radius 2 is 1.74 bits per heavy atom. The lowest BCUT2D eigenvalue weighted by molar-refractivity contribution is -0.132. The van der Waals surface area contributed by atoms with Crippen LogP contribution in [0.2, 0.25) is 10.0 Å². The maximum atomic E-state index is 13.0. The van der Waals surface area contributed by atoms with E-state index in [1.807, 2.05) is 19.1 Å². The first-order valence-corrected chi connectivity index (χ1v) is 12.3. The molecule has 0 saturated carbocycles. The molecule has 0 aliphatic carbocycles. The standard InChI is InChI=1S/C22H26Cl2N2O4S/c1-16-5-6-17(2)21(14-16)31(28,29)26-11-9-25(10-12-26)22(27)4-3-13-30-20-8-7-18(23)15-19(20)24/h5-8,14-15H,3-4,9-13H2,1-2H3. The molecule has 0 N–H and O–H groups in total. The fourth-order valence-corrected chi connectivity index (χ4v) is 5.65. The van der Waals surface area contributed by atoms with E-state index >= 15 is 0 Å². The van der Waals surface area contributed by atoms with Crippen molar-refractivity contribution >= 4 is 39.1 Å². The number of aryl methyl sites for hydroxylation is 2. The van der Waals surface area contributed by atoms with Crippen molar-refractivity contribution in [2.75, 3.05) is 32.8 Å². The van der Waals surface area contributed by atoms with Crippen molar-refractivity contribution < 1.29 is 17.9 Å². The van der Waals surface area contributed by atoms with Crippen molar-refractivity contribution in [2.45, 2.75) is 31.6 Å². The molecular formula is C22H26Cl2N2O4S. The maximum Gasteiger partial charge on any atom is 0.243 e. The lowest BCUT2D eigenvalue weighted by atomic mass is 10.2. The summed E-state index contributed by atoms with van der Waals surface area (Å²) in [6, 6.07) is 10.4. The summed E-state index contributed by atoms with van der Waals surface area (Å²) in [7, 11) is -3.57. The van der Waals surface area contributed by atoms with Crippen LogP contribution >= 0.6 is 23.2 Å². The Morgan fingerprint density at radius 3 is 2.42 bits per heavy atom. The topological polar surface area (TPSA) is 66.9 Å². The molecule has 0 radical (unpaired) electrons. The van der Waals surface area contributed by atoms with Gasteiger partial charge in [0, 0.05) is 37.6 Å². The summed E-state index contributed by atoms with van der Waals surface area (Å²) in [5, 5.41) is 0.964. The van der Waals surface area contributed by atoms with Gasteiger partial charge in [-0.15, -0.1) is 0 Å². The third-order valence-electron chi connectivity index (χ3n) is 5.24. The largest absolute Gasteiger partial charge is 0.492 e. The summed E-state index contributed by atoms with van der Waals surface area (Å²) >= 11 is 11.9. The molecule has 31 heavy (non-hydrogen) atoms. The molecule has 1 aliphatic heterocycles. The molecule has 2 aromatic carbocycles. The molecule has 1 saturated heterocycles. The third-order valence-corrected chi connectivity index (χ3v) is 7.81. The Bertz CT molecular complexity index is 1050. The minimum atomic E-state index is -3.57. The number of rotatable bonds is 7. The number of benzene rings is 2. The molecule has 6 nitrogen and oxygen atoms in total. The molecule has 168 valence electrons. The van der Waals surface area contributed by atoms with Crippen LogP contribution in [0.15, 0.2) is 41.3 Å². The van der Waals surface area contributed by atoms with Crippen LogP contribution in [0.25, 0.3) is 0 Å². The lowest BCUT2D eigenvalue weighted by Gasteiger charge is -2.34. The van der Waals surface area contributed by atoms with Crippen molar-refractivity contribution in [3.05, 3.63) is 57.6 Å². The van der Waals surface area contributed by atoms with Crippen LogP contribution in [0.3, 0.4) is 0 Å². The van der Waals surface area contributed by atoms with Crippen LogP contribution in [0.5, 0.6) is 5.75 Å². The number of halogens is 2. The molecule has 2 aromatic rings. The number of amides is 1. The van der Waals surface area contributed by atoms with E-state index in [0.29, 0.717) is 66.3 Å². The van der Waals surface area contributed by atoms with Gasteiger partial charge in [-0.3, -0.25) is 4.79 Å². The third kappa shape index (κ3) is 5.92. The highest BCUT2D eigenvalue weighted by Gasteiger charge is 2.30. The van der Waals surface area contributed by atoms with Crippen molar-refractivity contribution in [2.24, 2.45) is 0 Å². The quantitative estimate of drug-likeness (QED) is 0.549. The van der Waals surface area contributed by atoms with E-state index in [1.54, 1.807) is 36.1 Å². The summed E-state index contributed by atoms with van der Waals surface area (Å²) < 4.78 is 33.1. The van der Waals surface area contributed by atoms with E-state index in [1.165, 1.54) is 4.31 Å². The summed E-state index contributed by atoms with van der Waals surface area (Å²) in [5.41, 5.74) is 1.63. The fourth-order valence-electron chi connectivity index (χ4n) is 3.46. The van der Waals surface area contributed by atoms with Crippen molar-refractivity contribution in [1.29, 1.82) is 0 Å². The number of piperazine rings is 1. The molecular weight excluding hydrogens is 459 g/mol. The van der Waals surface area contributed by atoms with E-state index in [0.717, 1.165) is 11.1 Å². The summed E-state index contributed by atoms with van der Waals surface area (Å²) in [5.74, 6) is 0.526. The minimum Gasteiger partial charge on any atom is -0.492 e. The Morgan fingerprint density at radius 1 is 1.03 bits per heavy atom. The van der Waals surface area contributed by atoms with Gasteiger partial charge in [0.15, 0.2) is 0 Å². The number of carbonyl (C=O) groups is 1. The highest BCUT2D eigenvalue weighted by molar-refractivity contribution is 7.89. The highest BCUT2D eigenvalue weighted by atomic mass is 35.5. The smallest absolute Gasteiger partial charge is 0.243 e. The Kier molecular flexibility index (Phi) is 7.86. The first kappa shape index (κ1) is 23.9. The summed E-state index contributed by atoms with van der Waals surface area (Å²) in [4.78, 5) is 14.6. The first-order chi connectivity index (χ1) is 14.7. The zero-order valence-corrected chi connectivity index (χ0v) is 19.9. The Hall–Kier alpha value is -1.80. The zero-order chi connectivity index (χ0) is 22.6. The number of carbonyl (C=O) groups excluding carboxylic acids is 1. The Balaban J connectivity index is 1.47. The molecule has 0 unspecified atom stereocenters. The number of hydrogen-bond donors (Lipinski definition) is 0. The van der Waals surface area contributed by atoms with Crippen LogP contribution < -0.4 is 4.74 Å². The fraction of sp³-hybridized carbons (Fsp3) is 0.409. The van der Waals surface area contributed by atoms with Gasteiger partial charge in [-0.1, -0.05) is 35.3 Å². The van der Waals surface area contributed by atoms with E-state index in [4.69, 9.17) is 27.9 Å². The number of nitrogens with zero attached hydrogens (tertiary/aromatic N) is 2. The predicted molar refractivity (Wildman–Crippen MR) is 122 cm³/mol. The highest BCUT2D eigenvalue weighted by Crippen LogP contribution is 2.27. The molecule has 9 heteroatoms. The van der Waals surface area contributed by atoms with Gasteiger partial charge in [0.2, 0.25) is 15.9 Å². The average molecular weight is 485 g/mol. The normalized spacial score (nSPS) is 15.2. The van der Waals surface area contributed by atoms with E-state index < -0.39 is 10.0 Å². The van der Waals surface area contributed by atoms with Crippen LogP contribution in [0.1, 0.15) is 24.0 Å². The van der Waals surface area contributed by atoms with Gasteiger partial charge in [-0.2, -0.15) is 4.31 Å². The number of ether oxygens (including phenoxy) is 1. The molecule has 3 rings (SSSR count). The predicted octanol–water partition coefficient (Wildman–Crippen LogP) is 4.30. The maximum absolute atomic E-state index is 13.0. The van der Waals surface area contributed by atoms with E-state index in [9.17, 15) is 13.2 Å². The second kappa shape index (κ2) is 10.2. The van der Waals surface area contributed by atoms with Crippen LogP contribution in [-0.2, 0) is 14.8 Å². The number of sulfonamides is 1. The minimum absolute atomic E-state index is 0.00501. The van der Waals surface area contributed by atoms with Crippen molar-refractivity contribution in [3.63, 3.8) is 0 Å². The van der Waals surface area contributed by atoms with Gasteiger partial charge >= 0.3 is 0 Å². The monoisotopic (exact) mass is 484 g/mol. The molecule has 0 spiro atoms. The molecule has 1 amide bonds. The molecule has 0 aromatic heterocycles. The lowest BCUT2D eigenvalue weighted by Crippen LogP contribution is -2.50. The second-order valence-electron chi connectivity index (χ2n) is 7.58. The SMILES string of the molecule is Cc1ccc(C)c(S(=O)(=O)N2CCN(C(=O)CCCOc3ccc(Cl)cc3Cl)CC2)c1. The summed E-state index contributed by atoms with van der Waals surface area (Å²) in [6.45, 7) is 5.37. The average Bonchev–Trinajstić information content (AvgIpc) is 2.74. The van der Waals surface area contributed by atoms with Gasteiger partial charge in [0.05, 0.1) is 16.5 Å². The molecule has 1 heterocycles. The Labute approximate surface area is 193 Å². The molecule has 1 aliphatic rings. The summed E-state index contributed by atoms with van der Waals surface area (Å²) in [6.07, 6.45) is 0.869. The van der Waals surface area contributed by atoms with Crippen LogP contribution in [-0.4, -0.2) is 56.3 Å². The molecule has 0 atom stereocenters. The van der Waals surface area contributed by atoms with Gasteiger partial charge in [-0.25, -0.2) is 8.42 Å². The van der Waals surface area contributed by atoms with E-state index in [-0.39, 0.29) is 5.91 Å². The zero-order valence-electron chi connectivity index (χ0n) is 17.6. The van der Waals surface area contributed by atoms with Gasteiger partial charge in [-0.05, 0) is 55.7 Å². The second-order valence-corrected chi connectivity index (χ2v) is 10.3. The van der Waals surface area contributed by atoms with Crippen LogP contribution in [0.4, 0.5) is 0 Å². The molecule has 1 fully saturated rings.